The SMILES string of the molecule is CCOC(C)(C)Cn1nnnc1-c1cc(N)ccc1F. The molecule has 2 rings (SSSR count). The third-order valence-electron chi connectivity index (χ3n) is 2.83. The predicted molar refractivity (Wildman–Crippen MR) is 73.3 cm³/mol. The molecule has 0 aliphatic heterocycles. The number of hydrogen-bond acceptors (Lipinski definition) is 5. The Labute approximate surface area is 116 Å². The molecule has 0 spiro atoms. The van der Waals surface area contributed by atoms with Crippen LogP contribution in [0.15, 0.2) is 18.2 Å². The highest BCUT2D eigenvalue weighted by molar-refractivity contribution is 5.61. The summed E-state index contributed by atoms with van der Waals surface area (Å²) in [4.78, 5) is 0. The second-order valence-corrected chi connectivity index (χ2v) is 5.09. The molecule has 0 aliphatic carbocycles. The van der Waals surface area contributed by atoms with Gasteiger partial charge in [0.2, 0.25) is 0 Å². The molecular formula is C13H18FN5O. The van der Waals surface area contributed by atoms with Crippen LogP contribution in [0.3, 0.4) is 0 Å². The Kier molecular flexibility index (Phi) is 3.99. The van der Waals surface area contributed by atoms with E-state index in [9.17, 15) is 4.39 Å². The molecule has 0 radical (unpaired) electrons. The summed E-state index contributed by atoms with van der Waals surface area (Å²) in [5.74, 6) is -0.0768. The quantitative estimate of drug-likeness (QED) is 0.845. The predicted octanol–water partition coefficient (Wildman–Crippen LogP) is 1.88. The van der Waals surface area contributed by atoms with E-state index in [-0.39, 0.29) is 5.56 Å². The van der Waals surface area contributed by atoms with Crippen molar-refractivity contribution in [3.8, 4) is 11.4 Å². The number of nitrogens with zero attached hydrogens (tertiary/aromatic N) is 4. The number of ether oxygens (including phenoxy) is 1. The standard InChI is InChI=1S/C13H18FN5O/c1-4-20-13(2,3)8-19-12(16-17-18-19)10-7-9(15)5-6-11(10)14/h5-7H,4,8,15H2,1-3H3. The van der Waals surface area contributed by atoms with Crippen molar-refractivity contribution in [3.05, 3.63) is 24.0 Å². The molecule has 7 heteroatoms. The van der Waals surface area contributed by atoms with Gasteiger partial charge in [-0.3, -0.25) is 0 Å². The van der Waals surface area contributed by atoms with Crippen molar-refractivity contribution in [2.75, 3.05) is 12.3 Å². The van der Waals surface area contributed by atoms with Gasteiger partial charge in [-0.15, -0.1) is 5.10 Å². The number of aromatic nitrogens is 4. The van der Waals surface area contributed by atoms with E-state index >= 15 is 0 Å². The minimum atomic E-state index is -0.449. The van der Waals surface area contributed by atoms with E-state index in [1.807, 2.05) is 20.8 Å². The van der Waals surface area contributed by atoms with Crippen molar-refractivity contribution in [2.45, 2.75) is 32.9 Å². The van der Waals surface area contributed by atoms with Crippen LogP contribution >= 0.6 is 0 Å². The lowest BCUT2D eigenvalue weighted by atomic mass is 10.1. The summed E-state index contributed by atoms with van der Waals surface area (Å²) in [6.45, 7) is 6.77. The maximum atomic E-state index is 13.9. The second-order valence-electron chi connectivity index (χ2n) is 5.09. The van der Waals surface area contributed by atoms with Crippen molar-refractivity contribution < 1.29 is 9.13 Å². The lowest BCUT2D eigenvalue weighted by molar-refractivity contribution is -0.0247. The largest absolute Gasteiger partial charge is 0.399 e. The third kappa shape index (κ3) is 3.11. The zero-order valence-corrected chi connectivity index (χ0v) is 11.8. The van der Waals surface area contributed by atoms with Gasteiger partial charge in [-0.25, -0.2) is 9.07 Å². The van der Waals surface area contributed by atoms with Crippen LogP contribution in [0.5, 0.6) is 0 Å². The molecule has 0 amide bonds. The van der Waals surface area contributed by atoms with Crippen LogP contribution in [-0.2, 0) is 11.3 Å². The average Bonchev–Trinajstić information content (AvgIpc) is 2.79. The molecule has 108 valence electrons. The monoisotopic (exact) mass is 279 g/mol. The summed E-state index contributed by atoms with van der Waals surface area (Å²) in [5.41, 5.74) is 5.98. The molecule has 0 saturated heterocycles. The molecule has 20 heavy (non-hydrogen) atoms. The first-order chi connectivity index (χ1) is 9.43. The van der Waals surface area contributed by atoms with Crippen molar-refractivity contribution in [2.24, 2.45) is 0 Å². The highest BCUT2D eigenvalue weighted by Gasteiger charge is 2.23. The highest BCUT2D eigenvalue weighted by Crippen LogP contribution is 2.24. The molecule has 0 fully saturated rings. The van der Waals surface area contributed by atoms with Crippen LogP contribution in [0.4, 0.5) is 10.1 Å². The smallest absolute Gasteiger partial charge is 0.185 e. The topological polar surface area (TPSA) is 78.8 Å². The van der Waals surface area contributed by atoms with Gasteiger partial charge >= 0.3 is 0 Å². The lowest BCUT2D eigenvalue weighted by Crippen LogP contribution is -2.31. The van der Waals surface area contributed by atoms with Crippen molar-refractivity contribution in [1.82, 2.24) is 20.2 Å². The number of anilines is 1. The van der Waals surface area contributed by atoms with Gasteiger partial charge in [-0.05, 0) is 49.4 Å². The Bertz CT molecular complexity index is 596. The maximum absolute atomic E-state index is 13.9. The first-order valence-electron chi connectivity index (χ1n) is 6.38. The van der Waals surface area contributed by atoms with Gasteiger partial charge in [0.15, 0.2) is 5.82 Å². The third-order valence-corrected chi connectivity index (χ3v) is 2.83. The van der Waals surface area contributed by atoms with Gasteiger partial charge in [0.1, 0.15) is 5.82 Å². The van der Waals surface area contributed by atoms with Crippen LogP contribution in [0, 0.1) is 5.82 Å². The molecule has 2 N–H and O–H groups in total. The van der Waals surface area contributed by atoms with E-state index in [4.69, 9.17) is 10.5 Å². The summed E-state index contributed by atoms with van der Waals surface area (Å²) in [7, 11) is 0. The van der Waals surface area contributed by atoms with Crippen LogP contribution in [-0.4, -0.2) is 32.4 Å². The second kappa shape index (κ2) is 5.54. The molecule has 0 atom stereocenters. The molecule has 2 aromatic rings. The summed E-state index contributed by atoms with van der Waals surface area (Å²) in [6, 6.07) is 4.32. The molecule has 0 aliphatic rings. The van der Waals surface area contributed by atoms with Gasteiger partial charge in [-0.2, -0.15) is 0 Å². The minimum absolute atomic E-state index is 0.280. The zero-order valence-electron chi connectivity index (χ0n) is 11.8. The molecule has 6 nitrogen and oxygen atoms in total. The number of halogens is 1. The van der Waals surface area contributed by atoms with Gasteiger partial charge in [0, 0.05) is 12.3 Å². The molecular weight excluding hydrogens is 261 g/mol. The van der Waals surface area contributed by atoms with Crippen molar-refractivity contribution in [1.29, 1.82) is 0 Å². The summed E-state index contributed by atoms with van der Waals surface area (Å²) in [6.07, 6.45) is 0. The molecule has 1 heterocycles. The van der Waals surface area contributed by atoms with Crippen molar-refractivity contribution in [3.63, 3.8) is 0 Å². The summed E-state index contributed by atoms with van der Waals surface area (Å²) in [5, 5.41) is 11.4. The van der Waals surface area contributed by atoms with Crippen molar-refractivity contribution >= 4 is 5.69 Å². The van der Waals surface area contributed by atoms with E-state index in [2.05, 4.69) is 15.5 Å². The molecule has 0 bridgehead atoms. The number of nitrogens with two attached hydrogens (primary N) is 1. The minimum Gasteiger partial charge on any atom is -0.399 e. The summed E-state index contributed by atoms with van der Waals surface area (Å²) >= 11 is 0. The fourth-order valence-corrected chi connectivity index (χ4v) is 2.02. The Morgan fingerprint density at radius 3 is 2.85 bits per heavy atom. The normalized spacial score (nSPS) is 11.8. The van der Waals surface area contributed by atoms with E-state index < -0.39 is 11.4 Å². The number of nitrogen functional groups attached to an aromatic ring is 1. The Morgan fingerprint density at radius 2 is 2.15 bits per heavy atom. The molecule has 1 aromatic carbocycles. The fraction of sp³-hybridized carbons (Fsp3) is 0.462. The van der Waals surface area contributed by atoms with E-state index in [0.29, 0.717) is 24.7 Å². The zero-order chi connectivity index (χ0) is 14.8. The Hall–Kier alpha value is -2.02. The molecule has 0 saturated carbocycles. The van der Waals surface area contributed by atoms with E-state index in [1.54, 1.807) is 0 Å². The number of benzene rings is 1. The molecule has 1 aromatic heterocycles. The number of hydrogen-bond donors (Lipinski definition) is 1. The van der Waals surface area contributed by atoms with Gasteiger partial charge < -0.3 is 10.5 Å². The molecule has 0 unspecified atom stereocenters. The Balaban J connectivity index is 2.36. The van der Waals surface area contributed by atoms with Crippen LogP contribution < -0.4 is 5.73 Å². The van der Waals surface area contributed by atoms with E-state index in [0.717, 1.165) is 0 Å². The van der Waals surface area contributed by atoms with Gasteiger partial charge in [-0.1, -0.05) is 0 Å². The van der Waals surface area contributed by atoms with E-state index in [1.165, 1.54) is 22.9 Å². The Morgan fingerprint density at radius 1 is 1.40 bits per heavy atom. The first-order valence-corrected chi connectivity index (χ1v) is 6.38. The maximum Gasteiger partial charge on any atom is 0.185 e. The average molecular weight is 279 g/mol. The lowest BCUT2D eigenvalue weighted by Gasteiger charge is -2.24. The van der Waals surface area contributed by atoms with Crippen LogP contribution in [0.25, 0.3) is 11.4 Å². The summed E-state index contributed by atoms with van der Waals surface area (Å²) < 4.78 is 21.0. The number of rotatable bonds is 5. The first kappa shape index (κ1) is 14.4. The van der Waals surface area contributed by atoms with Gasteiger partial charge in [0.05, 0.1) is 17.7 Å². The van der Waals surface area contributed by atoms with Crippen LogP contribution in [0.2, 0.25) is 0 Å². The fourth-order valence-electron chi connectivity index (χ4n) is 2.02. The number of tetrazole rings is 1. The van der Waals surface area contributed by atoms with Crippen LogP contribution in [0.1, 0.15) is 20.8 Å². The highest BCUT2D eigenvalue weighted by atomic mass is 19.1. The van der Waals surface area contributed by atoms with Gasteiger partial charge in [0.25, 0.3) is 0 Å².